The summed E-state index contributed by atoms with van der Waals surface area (Å²) in [4.78, 5) is 17.0. The first kappa shape index (κ1) is 15.8. The van der Waals surface area contributed by atoms with Gasteiger partial charge in [0.25, 0.3) is 0 Å². The average molecular weight is 281 g/mol. The Kier molecular flexibility index (Phi) is 5.44. The minimum Gasteiger partial charge on any atom is -0.324 e. The molecule has 20 heavy (non-hydrogen) atoms. The number of nitrogens with one attached hydrogen (secondary N) is 1. The third-order valence-electron chi connectivity index (χ3n) is 5.12. The Hall–Kier alpha value is -0.610. The fourth-order valence-corrected chi connectivity index (χ4v) is 3.43. The minimum absolute atomic E-state index is 0.0463. The van der Waals surface area contributed by atoms with Crippen molar-refractivity contribution < 1.29 is 4.79 Å². The highest BCUT2D eigenvalue weighted by molar-refractivity contribution is 5.84. The number of hydrogen-bond donors (Lipinski definition) is 1. The van der Waals surface area contributed by atoms with Crippen molar-refractivity contribution in [2.45, 2.75) is 71.1 Å². The summed E-state index contributed by atoms with van der Waals surface area (Å²) < 4.78 is 0. The molecule has 2 aliphatic rings. The molecule has 0 aromatic rings. The van der Waals surface area contributed by atoms with E-state index in [0.717, 1.165) is 19.5 Å². The number of amides is 1. The van der Waals surface area contributed by atoms with E-state index in [-0.39, 0.29) is 12.2 Å². The molecule has 0 aromatic carbocycles. The van der Waals surface area contributed by atoms with Crippen LogP contribution >= 0.6 is 0 Å². The monoisotopic (exact) mass is 281 g/mol. The summed E-state index contributed by atoms with van der Waals surface area (Å²) >= 11 is 0. The number of carbonyl (C=O) groups excluding carboxylic acids is 1. The molecule has 116 valence electrons. The van der Waals surface area contributed by atoms with Gasteiger partial charge in [-0.1, -0.05) is 19.8 Å². The number of carbonyl (C=O) groups is 1. The number of likely N-dealkylation sites (N-methyl/N-ethyl adjacent to an activating group) is 1. The topological polar surface area (TPSA) is 35.6 Å². The molecule has 2 unspecified atom stereocenters. The predicted octanol–water partition coefficient (Wildman–Crippen LogP) is 2.05. The Labute approximate surface area is 123 Å². The van der Waals surface area contributed by atoms with Crippen LogP contribution in [0.5, 0.6) is 0 Å². The van der Waals surface area contributed by atoms with Crippen LogP contribution in [0.25, 0.3) is 0 Å². The second-order valence-electron chi connectivity index (χ2n) is 6.72. The molecular weight excluding hydrogens is 250 g/mol. The van der Waals surface area contributed by atoms with Crippen molar-refractivity contribution in [3.05, 3.63) is 0 Å². The van der Waals surface area contributed by atoms with Gasteiger partial charge in [0.15, 0.2) is 0 Å². The summed E-state index contributed by atoms with van der Waals surface area (Å²) in [6.45, 7) is 8.33. The fraction of sp³-hybridized carbons (Fsp3) is 0.938. The van der Waals surface area contributed by atoms with E-state index in [1.54, 1.807) is 0 Å². The third-order valence-corrected chi connectivity index (χ3v) is 5.12. The van der Waals surface area contributed by atoms with E-state index >= 15 is 0 Å². The van der Waals surface area contributed by atoms with Gasteiger partial charge in [0, 0.05) is 19.1 Å². The van der Waals surface area contributed by atoms with E-state index in [2.05, 4.69) is 42.9 Å². The van der Waals surface area contributed by atoms with Gasteiger partial charge < -0.3 is 9.80 Å². The lowest BCUT2D eigenvalue weighted by Crippen LogP contribution is -2.46. The summed E-state index contributed by atoms with van der Waals surface area (Å²) in [6, 6.07) is 0.581. The fourth-order valence-electron chi connectivity index (χ4n) is 3.43. The highest BCUT2D eigenvalue weighted by atomic mass is 16.2. The van der Waals surface area contributed by atoms with Crippen molar-refractivity contribution in [3.8, 4) is 0 Å². The molecular formula is C16H31N3O. The zero-order valence-corrected chi connectivity index (χ0v) is 13.6. The summed E-state index contributed by atoms with van der Waals surface area (Å²) in [5.41, 5.74) is 0. The second-order valence-corrected chi connectivity index (χ2v) is 6.72. The molecule has 1 amide bonds. The Morgan fingerprint density at radius 3 is 2.55 bits per heavy atom. The van der Waals surface area contributed by atoms with Crippen LogP contribution in [0.15, 0.2) is 0 Å². The molecule has 1 N–H and O–H groups in total. The number of hydrogen-bond acceptors (Lipinski definition) is 3. The lowest BCUT2D eigenvalue weighted by atomic mass is 10.0. The van der Waals surface area contributed by atoms with Crippen molar-refractivity contribution >= 4 is 5.91 Å². The Bertz CT molecular complexity index is 326. The molecule has 2 fully saturated rings. The van der Waals surface area contributed by atoms with Gasteiger partial charge in [-0.2, -0.15) is 0 Å². The minimum atomic E-state index is 0.0463. The van der Waals surface area contributed by atoms with Gasteiger partial charge in [0.2, 0.25) is 5.91 Å². The predicted molar refractivity (Wildman–Crippen MR) is 82.4 cm³/mol. The molecule has 2 rings (SSSR count). The molecule has 2 atom stereocenters. The van der Waals surface area contributed by atoms with Crippen molar-refractivity contribution in [3.63, 3.8) is 0 Å². The average Bonchev–Trinajstić information content (AvgIpc) is 3.03. The molecule has 1 aliphatic carbocycles. The lowest BCUT2D eigenvalue weighted by molar-refractivity contribution is -0.130. The van der Waals surface area contributed by atoms with E-state index in [1.807, 2.05) is 0 Å². The van der Waals surface area contributed by atoms with Crippen LogP contribution in [0.3, 0.4) is 0 Å². The highest BCUT2D eigenvalue weighted by Gasteiger charge is 2.42. The van der Waals surface area contributed by atoms with E-state index in [9.17, 15) is 4.79 Å². The van der Waals surface area contributed by atoms with E-state index in [4.69, 9.17) is 0 Å². The van der Waals surface area contributed by atoms with E-state index < -0.39 is 0 Å². The molecule has 0 spiro atoms. The maximum Gasteiger partial charge on any atom is 0.241 e. The van der Waals surface area contributed by atoms with Gasteiger partial charge in [-0.05, 0) is 46.1 Å². The zero-order chi connectivity index (χ0) is 14.7. The van der Waals surface area contributed by atoms with Crippen LogP contribution in [0, 0.1) is 5.92 Å². The van der Waals surface area contributed by atoms with Gasteiger partial charge in [-0.15, -0.1) is 0 Å². The van der Waals surface area contributed by atoms with E-state index in [1.165, 1.54) is 25.7 Å². The highest BCUT2D eigenvalue weighted by Crippen LogP contribution is 2.32. The normalized spacial score (nSPS) is 28.3. The Morgan fingerprint density at radius 2 is 2.00 bits per heavy atom. The van der Waals surface area contributed by atoms with Crippen LogP contribution in [-0.4, -0.2) is 54.1 Å². The Balaban J connectivity index is 1.99. The zero-order valence-electron chi connectivity index (χ0n) is 13.6. The molecule has 1 saturated carbocycles. The molecule has 0 aromatic heterocycles. The molecule has 0 radical (unpaired) electrons. The summed E-state index contributed by atoms with van der Waals surface area (Å²) in [5, 5.41) is 3.59. The van der Waals surface area contributed by atoms with Crippen LogP contribution in [0.4, 0.5) is 0 Å². The van der Waals surface area contributed by atoms with Crippen LogP contribution in [0.1, 0.15) is 52.9 Å². The first-order valence-corrected chi connectivity index (χ1v) is 8.31. The van der Waals surface area contributed by atoms with Crippen molar-refractivity contribution in [2.24, 2.45) is 5.92 Å². The summed E-state index contributed by atoms with van der Waals surface area (Å²) in [6.07, 6.45) is 6.39. The summed E-state index contributed by atoms with van der Waals surface area (Å²) in [5.74, 6) is 0.987. The molecule has 4 nitrogen and oxygen atoms in total. The molecule has 1 saturated heterocycles. The van der Waals surface area contributed by atoms with Gasteiger partial charge in [-0.3, -0.25) is 10.1 Å². The Morgan fingerprint density at radius 1 is 1.35 bits per heavy atom. The van der Waals surface area contributed by atoms with Crippen LogP contribution < -0.4 is 5.32 Å². The molecule has 4 heteroatoms. The number of rotatable bonds is 6. The van der Waals surface area contributed by atoms with Gasteiger partial charge in [0.1, 0.15) is 0 Å². The first-order chi connectivity index (χ1) is 9.54. The van der Waals surface area contributed by atoms with Crippen LogP contribution in [0.2, 0.25) is 0 Å². The largest absolute Gasteiger partial charge is 0.324 e. The van der Waals surface area contributed by atoms with Crippen molar-refractivity contribution in [1.29, 1.82) is 0 Å². The molecule has 1 aliphatic heterocycles. The SMILES string of the molecule is CCC1NC(C2CCCC2)N(CCN(C)C(C)C)C1=O. The van der Waals surface area contributed by atoms with E-state index in [0.29, 0.717) is 17.9 Å². The first-order valence-electron chi connectivity index (χ1n) is 8.31. The maximum absolute atomic E-state index is 12.5. The smallest absolute Gasteiger partial charge is 0.241 e. The molecule has 1 heterocycles. The van der Waals surface area contributed by atoms with Crippen molar-refractivity contribution in [1.82, 2.24) is 15.1 Å². The second kappa shape index (κ2) is 6.90. The van der Waals surface area contributed by atoms with Gasteiger partial charge in [0.05, 0.1) is 12.2 Å². The standard InChI is InChI=1S/C16H31N3O/c1-5-14-16(20)19(11-10-18(4)12(2)3)15(17-14)13-8-6-7-9-13/h12-15,17H,5-11H2,1-4H3. The quantitative estimate of drug-likeness (QED) is 0.809. The maximum atomic E-state index is 12.5. The number of nitrogens with zero attached hydrogens (tertiary/aromatic N) is 2. The summed E-state index contributed by atoms with van der Waals surface area (Å²) in [7, 11) is 2.14. The van der Waals surface area contributed by atoms with Crippen molar-refractivity contribution in [2.75, 3.05) is 20.1 Å². The van der Waals surface area contributed by atoms with Gasteiger partial charge in [-0.25, -0.2) is 0 Å². The third kappa shape index (κ3) is 3.34. The lowest BCUT2D eigenvalue weighted by Gasteiger charge is -2.31. The van der Waals surface area contributed by atoms with Gasteiger partial charge >= 0.3 is 0 Å². The van der Waals surface area contributed by atoms with Crippen LogP contribution in [-0.2, 0) is 4.79 Å². The molecule has 0 bridgehead atoms.